The SMILES string of the molecule is C[C@@H]1[C@H](C(=O)O)CCCN1C(=O)CCCC1CCCCC1. The van der Waals surface area contributed by atoms with Crippen molar-refractivity contribution in [1.29, 1.82) is 0 Å². The summed E-state index contributed by atoms with van der Waals surface area (Å²) in [6, 6.07) is -0.154. The second-order valence-electron chi connectivity index (χ2n) is 6.81. The monoisotopic (exact) mass is 295 g/mol. The van der Waals surface area contributed by atoms with Crippen LogP contribution in [0.5, 0.6) is 0 Å². The summed E-state index contributed by atoms with van der Waals surface area (Å²) < 4.78 is 0. The van der Waals surface area contributed by atoms with Crippen LogP contribution in [0.25, 0.3) is 0 Å². The maximum atomic E-state index is 12.4. The van der Waals surface area contributed by atoms with Crippen molar-refractivity contribution < 1.29 is 14.7 Å². The molecule has 1 aliphatic carbocycles. The minimum atomic E-state index is -0.762. The van der Waals surface area contributed by atoms with Crippen LogP contribution in [0.15, 0.2) is 0 Å². The zero-order valence-electron chi connectivity index (χ0n) is 13.2. The maximum absolute atomic E-state index is 12.4. The lowest BCUT2D eigenvalue weighted by atomic mass is 9.85. The highest BCUT2D eigenvalue weighted by atomic mass is 16.4. The van der Waals surface area contributed by atoms with Crippen molar-refractivity contribution in [1.82, 2.24) is 4.90 Å². The molecule has 0 aromatic heterocycles. The highest BCUT2D eigenvalue weighted by molar-refractivity contribution is 5.78. The molecule has 2 fully saturated rings. The molecule has 120 valence electrons. The molecule has 1 saturated carbocycles. The Morgan fingerprint density at radius 3 is 2.48 bits per heavy atom. The maximum Gasteiger partial charge on any atom is 0.308 e. The van der Waals surface area contributed by atoms with E-state index < -0.39 is 5.97 Å². The Balaban J connectivity index is 1.75. The Hall–Kier alpha value is -1.06. The average Bonchev–Trinajstić information content (AvgIpc) is 2.48. The van der Waals surface area contributed by atoms with Gasteiger partial charge in [0.15, 0.2) is 0 Å². The zero-order valence-corrected chi connectivity index (χ0v) is 13.2. The summed E-state index contributed by atoms with van der Waals surface area (Å²) in [4.78, 5) is 25.4. The van der Waals surface area contributed by atoms with Gasteiger partial charge in [-0.1, -0.05) is 32.1 Å². The van der Waals surface area contributed by atoms with Crippen LogP contribution in [0, 0.1) is 11.8 Å². The highest BCUT2D eigenvalue weighted by Crippen LogP contribution is 2.29. The van der Waals surface area contributed by atoms with Crippen molar-refractivity contribution in [2.45, 2.75) is 77.2 Å². The summed E-state index contributed by atoms with van der Waals surface area (Å²) >= 11 is 0. The van der Waals surface area contributed by atoms with E-state index in [9.17, 15) is 14.7 Å². The smallest absolute Gasteiger partial charge is 0.308 e. The number of likely N-dealkylation sites (tertiary alicyclic amines) is 1. The van der Waals surface area contributed by atoms with Crippen molar-refractivity contribution in [3.8, 4) is 0 Å². The van der Waals surface area contributed by atoms with E-state index in [0.717, 1.165) is 31.7 Å². The molecule has 0 aromatic rings. The van der Waals surface area contributed by atoms with Crippen LogP contribution >= 0.6 is 0 Å². The van der Waals surface area contributed by atoms with Crippen molar-refractivity contribution in [2.75, 3.05) is 6.54 Å². The van der Waals surface area contributed by atoms with Crippen LogP contribution in [0.2, 0.25) is 0 Å². The molecule has 0 radical (unpaired) electrons. The van der Waals surface area contributed by atoms with Gasteiger partial charge in [-0.05, 0) is 38.5 Å². The first-order valence-corrected chi connectivity index (χ1v) is 8.62. The van der Waals surface area contributed by atoms with Crippen molar-refractivity contribution in [2.24, 2.45) is 11.8 Å². The van der Waals surface area contributed by atoms with Gasteiger partial charge < -0.3 is 10.0 Å². The van der Waals surface area contributed by atoms with Crippen LogP contribution in [-0.4, -0.2) is 34.5 Å². The van der Waals surface area contributed by atoms with E-state index in [1.54, 1.807) is 0 Å². The van der Waals surface area contributed by atoms with Gasteiger partial charge in [0.25, 0.3) is 0 Å². The van der Waals surface area contributed by atoms with E-state index in [1.807, 2.05) is 11.8 Å². The number of rotatable bonds is 5. The first-order chi connectivity index (χ1) is 10.1. The number of carboxylic acid groups (broad SMARTS) is 1. The van der Waals surface area contributed by atoms with Gasteiger partial charge in [0, 0.05) is 19.0 Å². The fourth-order valence-electron chi connectivity index (χ4n) is 3.99. The van der Waals surface area contributed by atoms with Crippen LogP contribution in [-0.2, 0) is 9.59 Å². The summed E-state index contributed by atoms with van der Waals surface area (Å²) in [5.41, 5.74) is 0. The summed E-state index contributed by atoms with van der Waals surface area (Å²) in [6.45, 7) is 2.62. The zero-order chi connectivity index (χ0) is 15.2. The molecule has 0 unspecified atom stereocenters. The minimum Gasteiger partial charge on any atom is -0.481 e. The van der Waals surface area contributed by atoms with E-state index in [-0.39, 0.29) is 17.9 Å². The molecule has 1 saturated heterocycles. The molecule has 0 spiro atoms. The van der Waals surface area contributed by atoms with Gasteiger partial charge in [0.2, 0.25) is 5.91 Å². The average molecular weight is 295 g/mol. The lowest BCUT2D eigenvalue weighted by Gasteiger charge is -2.37. The van der Waals surface area contributed by atoms with Gasteiger partial charge in [-0.25, -0.2) is 0 Å². The van der Waals surface area contributed by atoms with E-state index in [2.05, 4.69) is 0 Å². The molecular formula is C17H29NO3. The topological polar surface area (TPSA) is 57.6 Å². The third-order valence-corrected chi connectivity index (χ3v) is 5.35. The molecule has 2 rings (SSSR count). The molecule has 21 heavy (non-hydrogen) atoms. The third-order valence-electron chi connectivity index (χ3n) is 5.35. The number of hydrogen-bond acceptors (Lipinski definition) is 2. The molecule has 0 aromatic carbocycles. The number of amides is 1. The number of piperidine rings is 1. The fraction of sp³-hybridized carbons (Fsp3) is 0.882. The standard InChI is InChI=1S/C17H29NO3/c1-13-15(17(20)21)10-6-12-18(13)16(19)11-5-9-14-7-3-2-4-8-14/h13-15H,2-12H2,1H3,(H,20,21)/t13-,15-/m1/s1. The predicted octanol–water partition coefficient (Wildman–Crippen LogP) is 3.45. The lowest BCUT2D eigenvalue weighted by molar-refractivity contribution is -0.149. The van der Waals surface area contributed by atoms with Gasteiger partial charge in [0.05, 0.1) is 5.92 Å². The fourth-order valence-corrected chi connectivity index (χ4v) is 3.99. The second-order valence-corrected chi connectivity index (χ2v) is 6.81. The largest absolute Gasteiger partial charge is 0.481 e. The second kappa shape index (κ2) is 7.81. The van der Waals surface area contributed by atoms with Gasteiger partial charge in [0.1, 0.15) is 0 Å². The van der Waals surface area contributed by atoms with Gasteiger partial charge >= 0.3 is 5.97 Å². The molecule has 2 atom stereocenters. The van der Waals surface area contributed by atoms with E-state index in [4.69, 9.17) is 0 Å². The van der Waals surface area contributed by atoms with Crippen molar-refractivity contribution in [3.05, 3.63) is 0 Å². The van der Waals surface area contributed by atoms with Crippen LogP contribution in [0.4, 0.5) is 0 Å². The molecular weight excluding hydrogens is 266 g/mol. The number of aliphatic carboxylic acids is 1. The number of carbonyl (C=O) groups excluding carboxylic acids is 1. The van der Waals surface area contributed by atoms with Crippen molar-refractivity contribution in [3.63, 3.8) is 0 Å². The van der Waals surface area contributed by atoms with Crippen LogP contribution in [0.3, 0.4) is 0 Å². The quantitative estimate of drug-likeness (QED) is 0.845. The molecule has 1 heterocycles. The van der Waals surface area contributed by atoms with Crippen molar-refractivity contribution >= 4 is 11.9 Å². The Morgan fingerprint density at radius 2 is 1.81 bits per heavy atom. The highest BCUT2D eigenvalue weighted by Gasteiger charge is 2.34. The van der Waals surface area contributed by atoms with Gasteiger partial charge in [-0.15, -0.1) is 0 Å². The normalized spacial score (nSPS) is 27.6. The first kappa shape index (κ1) is 16.3. The van der Waals surface area contributed by atoms with E-state index in [1.165, 1.54) is 32.1 Å². The Bertz CT molecular complexity index is 363. The lowest BCUT2D eigenvalue weighted by Crippen LogP contribution is -2.49. The molecule has 1 aliphatic heterocycles. The molecule has 2 aliphatic rings. The molecule has 4 nitrogen and oxygen atoms in total. The molecule has 0 bridgehead atoms. The van der Waals surface area contributed by atoms with E-state index >= 15 is 0 Å². The molecule has 1 N–H and O–H groups in total. The number of nitrogens with zero attached hydrogens (tertiary/aromatic N) is 1. The summed E-state index contributed by atoms with van der Waals surface area (Å²) in [5.74, 6) is -0.176. The number of hydrogen-bond donors (Lipinski definition) is 1. The number of carboxylic acids is 1. The summed E-state index contributed by atoms with van der Waals surface area (Å²) in [7, 11) is 0. The van der Waals surface area contributed by atoms with Gasteiger partial charge in [-0.2, -0.15) is 0 Å². The Kier molecular flexibility index (Phi) is 6.07. The number of carbonyl (C=O) groups is 2. The van der Waals surface area contributed by atoms with Crippen LogP contribution < -0.4 is 0 Å². The third kappa shape index (κ3) is 4.45. The molecule has 4 heteroatoms. The summed E-state index contributed by atoms with van der Waals surface area (Å²) in [6.07, 6.45) is 11.0. The summed E-state index contributed by atoms with van der Waals surface area (Å²) in [5, 5.41) is 9.22. The van der Waals surface area contributed by atoms with Crippen LogP contribution in [0.1, 0.15) is 71.1 Å². The first-order valence-electron chi connectivity index (χ1n) is 8.62. The Labute approximate surface area is 127 Å². The van der Waals surface area contributed by atoms with E-state index in [0.29, 0.717) is 12.8 Å². The molecule has 1 amide bonds. The predicted molar refractivity (Wildman–Crippen MR) is 82.0 cm³/mol. The minimum absolute atomic E-state index is 0.154. The Morgan fingerprint density at radius 1 is 1.10 bits per heavy atom. The van der Waals surface area contributed by atoms with Gasteiger partial charge in [-0.3, -0.25) is 9.59 Å².